The Labute approximate surface area is 154 Å². The van der Waals surface area contributed by atoms with E-state index in [2.05, 4.69) is 26.8 Å². The fraction of sp³-hybridized carbons (Fsp3) is 0.211. The first-order valence-corrected chi connectivity index (χ1v) is 9.29. The molecule has 0 atom stereocenters. The second-order valence-electron chi connectivity index (χ2n) is 5.95. The molecule has 26 heavy (non-hydrogen) atoms. The molecule has 0 aliphatic rings. The zero-order valence-electron chi connectivity index (χ0n) is 14.3. The van der Waals surface area contributed by atoms with E-state index in [0.717, 1.165) is 28.5 Å². The van der Waals surface area contributed by atoms with E-state index < -0.39 is 0 Å². The number of hydrogen-bond donors (Lipinski definition) is 1. The van der Waals surface area contributed by atoms with Crippen molar-refractivity contribution in [2.75, 3.05) is 6.54 Å². The number of aromatic nitrogens is 3. The number of rotatable bonds is 6. The molecular weight excluding hydrogens is 348 g/mol. The van der Waals surface area contributed by atoms with Gasteiger partial charge in [0.25, 0.3) is 5.56 Å². The predicted octanol–water partition coefficient (Wildman–Crippen LogP) is 3.66. The first kappa shape index (κ1) is 16.7. The van der Waals surface area contributed by atoms with Crippen LogP contribution in [-0.4, -0.2) is 26.4 Å². The van der Waals surface area contributed by atoms with Crippen LogP contribution in [0.1, 0.15) is 18.4 Å². The topological polar surface area (TPSA) is 75.0 Å². The fourth-order valence-corrected chi connectivity index (χ4v) is 3.60. The molecule has 4 rings (SSSR count). The lowest BCUT2D eigenvalue weighted by Gasteiger charge is -2.18. The smallest absolute Gasteiger partial charge is 0.258 e. The third kappa shape index (κ3) is 3.44. The second kappa shape index (κ2) is 7.23. The van der Waals surface area contributed by atoms with Crippen molar-refractivity contribution >= 4 is 22.2 Å². The van der Waals surface area contributed by atoms with Gasteiger partial charge in [0.1, 0.15) is 5.82 Å². The van der Waals surface area contributed by atoms with Crippen LogP contribution in [0.4, 0.5) is 0 Å². The minimum Gasteiger partial charge on any atom is -0.462 e. The van der Waals surface area contributed by atoms with Gasteiger partial charge in [0.15, 0.2) is 10.8 Å². The molecule has 3 heterocycles. The average Bonchev–Trinajstić information content (AvgIpc) is 3.33. The number of fused-ring (bicyclic) bond motifs is 1. The maximum absolute atomic E-state index is 12.2. The summed E-state index contributed by atoms with van der Waals surface area (Å²) in [5, 5.41) is 3.53. The molecule has 0 spiro atoms. The SMILES string of the molecule is CCN(Cc1csc(-c2ccco2)n1)Cc1nc2ccccc2c(=O)[nH]1. The Balaban J connectivity index is 1.52. The van der Waals surface area contributed by atoms with Crippen LogP contribution < -0.4 is 5.56 Å². The Bertz CT molecular complexity index is 1070. The van der Waals surface area contributed by atoms with E-state index in [1.54, 1.807) is 23.7 Å². The van der Waals surface area contributed by atoms with Gasteiger partial charge < -0.3 is 9.40 Å². The maximum Gasteiger partial charge on any atom is 0.258 e. The van der Waals surface area contributed by atoms with Gasteiger partial charge in [-0.1, -0.05) is 19.1 Å². The van der Waals surface area contributed by atoms with Crippen molar-refractivity contribution in [3.8, 4) is 10.8 Å². The molecule has 0 unspecified atom stereocenters. The van der Waals surface area contributed by atoms with Gasteiger partial charge in [0.2, 0.25) is 0 Å². The lowest BCUT2D eigenvalue weighted by atomic mass is 10.2. The summed E-state index contributed by atoms with van der Waals surface area (Å²) in [4.78, 5) is 26.5. The van der Waals surface area contributed by atoms with Gasteiger partial charge in [-0.15, -0.1) is 11.3 Å². The lowest BCUT2D eigenvalue weighted by Crippen LogP contribution is -2.25. The van der Waals surface area contributed by atoms with E-state index in [0.29, 0.717) is 24.3 Å². The van der Waals surface area contributed by atoms with Gasteiger partial charge in [0, 0.05) is 11.9 Å². The van der Waals surface area contributed by atoms with Crippen LogP contribution in [0.2, 0.25) is 0 Å². The molecule has 0 aliphatic carbocycles. The van der Waals surface area contributed by atoms with Crippen molar-refractivity contribution in [1.29, 1.82) is 0 Å². The number of furan rings is 1. The van der Waals surface area contributed by atoms with E-state index in [4.69, 9.17) is 4.42 Å². The van der Waals surface area contributed by atoms with Crippen molar-refractivity contribution in [3.63, 3.8) is 0 Å². The van der Waals surface area contributed by atoms with Crippen LogP contribution in [0, 0.1) is 0 Å². The first-order chi connectivity index (χ1) is 12.7. The highest BCUT2D eigenvalue weighted by Gasteiger charge is 2.12. The van der Waals surface area contributed by atoms with E-state index >= 15 is 0 Å². The van der Waals surface area contributed by atoms with Gasteiger partial charge in [-0.05, 0) is 30.8 Å². The van der Waals surface area contributed by atoms with Crippen molar-refractivity contribution < 1.29 is 4.42 Å². The lowest BCUT2D eigenvalue weighted by molar-refractivity contribution is 0.262. The van der Waals surface area contributed by atoms with Crippen LogP contribution in [0.5, 0.6) is 0 Å². The number of benzene rings is 1. The fourth-order valence-electron chi connectivity index (χ4n) is 2.82. The molecule has 4 aromatic rings. The molecule has 0 fully saturated rings. The first-order valence-electron chi connectivity index (χ1n) is 8.41. The highest BCUT2D eigenvalue weighted by molar-refractivity contribution is 7.13. The molecule has 0 aliphatic heterocycles. The van der Waals surface area contributed by atoms with Crippen molar-refractivity contribution in [1.82, 2.24) is 19.9 Å². The van der Waals surface area contributed by atoms with Crippen molar-refractivity contribution in [2.45, 2.75) is 20.0 Å². The largest absolute Gasteiger partial charge is 0.462 e. The van der Waals surface area contributed by atoms with Gasteiger partial charge in [-0.2, -0.15) is 0 Å². The number of nitrogens with one attached hydrogen (secondary N) is 1. The van der Waals surface area contributed by atoms with E-state index in [1.807, 2.05) is 35.7 Å². The summed E-state index contributed by atoms with van der Waals surface area (Å²) >= 11 is 1.57. The maximum atomic E-state index is 12.2. The Hall–Kier alpha value is -2.77. The zero-order valence-corrected chi connectivity index (χ0v) is 15.1. The Kier molecular flexibility index (Phi) is 4.64. The summed E-state index contributed by atoms with van der Waals surface area (Å²) < 4.78 is 5.40. The highest BCUT2D eigenvalue weighted by Crippen LogP contribution is 2.24. The molecular formula is C19H18N4O2S. The molecule has 1 N–H and O–H groups in total. The molecule has 0 saturated carbocycles. The van der Waals surface area contributed by atoms with Crippen molar-refractivity contribution in [3.05, 3.63) is 69.9 Å². The normalized spacial score (nSPS) is 11.5. The van der Waals surface area contributed by atoms with E-state index in [-0.39, 0.29) is 5.56 Å². The highest BCUT2D eigenvalue weighted by atomic mass is 32.1. The van der Waals surface area contributed by atoms with Crippen LogP contribution in [-0.2, 0) is 13.1 Å². The van der Waals surface area contributed by atoms with Crippen LogP contribution in [0.3, 0.4) is 0 Å². The minimum absolute atomic E-state index is 0.101. The predicted molar refractivity (Wildman–Crippen MR) is 102 cm³/mol. The Morgan fingerprint density at radius 3 is 2.85 bits per heavy atom. The molecule has 0 saturated heterocycles. The molecule has 0 bridgehead atoms. The number of hydrogen-bond acceptors (Lipinski definition) is 6. The molecule has 0 radical (unpaired) electrons. The van der Waals surface area contributed by atoms with Gasteiger partial charge in [-0.3, -0.25) is 9.69 Å². The summed E-state index contributed by atoms with van der Waals surface area (Å²) in [5.41, 5.74) is 1.60. The summed E-state index contributed by atoms with van der Waals surface area (Å²) in [5.74, 6) is 1.45. The number of aromatic amines is 1. The minimum atomic E-state index is -0.101. The number of H-pyrrole nitrogens is 1. The Morgan fingerprint density at radius 1 is 1.15 bits per heavy atom. The second-order valence-corrected chi connectivity index (χ2v) is 6.81. The summed E-state index contributed by atoms with van der Waals surface area (Å²) in [6.45, 7) is 4.15. The number of para-hydroxylation sites is 1. The van der Waals surface area contributed by atoms with Crippen LogP contribution >= 0.6 is 11.3 Å². The van der Waals surface area contributed by atoms with E-state index in [1.165, 1.54) is 0 Å². The quantitative estimate of drug-likeness (QED) is 0.564. The van der Waals surface area contributed by atoms with Crippen LogP contribution in [0.25, 0.3) is 21.7 Å². The molecule has 132 valence electrons. The van der Waals surface area contributed by atoms with E-state index in [9.17, 15) is 4.79 Å². The standard InChI is InChI=1S/C19H18N4O2S/c1-2-23(10-13-12-26-19(20-13)16-8-5-9-25-16)11-17-21-15-7-4-3-6-14(15)18(24)22-17/h3-9,12H,2,10-11H2,1H3,(H,21,22,24). The Morgan fingerprint density at radius 2 is 2.04 bits per heavy atom. The zero-order chi connectivity index (χ0) is 17.9. The number of nitrogens with zero attached hydrogens (tertiary/aromatic N) is 3. The molecule has 3 aromatic heterocycles. The molecule has 6 nitrogen and oxygen atoms in total. The monoisotopic (exact) mass is 366 g/mol. The van der Waals surface area contributed by atoms with Gasteiger partial charge in [-0.25, -0.2) is 9.97 Å². The summed E-state index contributed by atoms with van der Waals surface area (Å²) in [6.07, 6.45) is 1.65. The summed E-state index contributed by atoms with van der Waals surface area (Å²) in [7, 11) is 0. The third-order valence-corrected chi connectivity index (χ3v) is 5.06. The third-order valence-electron chi connectivity index (χ3n) is 4.15. The average molecular weight is 366 g/mol. The summed E-state index contributed by atoms with van der Waals surface area (Å²) in [6, 6.07) is 11.1. The van der Waals surface area contributed by atoms with Crippen LogP contribution in [0.15, 0.2) is 57.3 Å². The molecule has 0 amide bonds. The van der Waals surface area contributed by atoms with Gasteiger partial charge in [0.05, 0.1) is 29.4 Å². The molecule has 7 heteroatoms. The van der Waals surface area contributed by atoms with Crippen molar-refractivity contribution in [2.24, 2.45) is 0 Å². The number of thiazole rings is 1. The van der Waals surface area contributed by atoms with Gasteiger partial charge >= 0.3 is 0 Å². The molecule has 1 aromatic carbocycles.